The van der Waals surface area contributed by atoms with Crippen LogP contribution in [0, 0.1) is 5.92 Å². The number of carbonyl (C=O) groups is 1. The number of nitrogens with zero attached hydrogens (tertiary/aromatic N) is 16. The van der Waals surface area contributed by atoms with Crippen LogP contribution in [0.5, 0.6) is 11.6 Å². The lowest BCUT2D eigenvalue weighted by atomic mass is 9.80. The molecule has 0 aromatic carbocycles. The molecule has 0 spiro atoms. The van der Waals surface area contributed by atoms with Gasteiger partial charge in [0.05, 0.1) is 87.5 Å². The summed E-state index contributed by atoms with van der Waals surface area (Å²) in [6.07, 6.45) is 30.1. The van der Waals surface area contributed by atoms with Crippen LogP contribution in [-0.2, 0) is 74.8 Å². The zero-order valence-electron chi connectivity index (χ0n) is 83.2. The zero-order valence-corrected chi connectivity index (χ0v) is 90.6. The van der Waals surface area contributed by atoms with E-state index in [4.69, 9.17) is 47.7 Å². The quantitative estimate of drug-likeness (QED) is 0.00599. The molecule has 4 aliphatic rings. The maximum atomic E-state index is 12.4. The normalized spacial score (nSPS) is 16.1. The van der Waals surface area contributed by atoms with Crippen molar-refractivity contribution < 1.29 is 83.0 Å². The zero-order chi connectivity index (χ0) is 101. The Morgan fingerprint density at radius 1 is 0.597 bits per heavy atom. The Labute approximate surface area is 824 Å². The minimum atomic E-state index is -5.74. The van der Waals surface area contributed by atoms with Gasteiger partial charge < -0.3 is 71.8 Å². The van der Waals surface area contributed by atoms with E-state index in [2.05, 4.69) is 212 Å². The van der Waals surface area contributed by atoms with E-state index in [-0.39, 0.29) is 65.4 Å². The third-order valence-corrected chi connectivity index (χ3v) is 32.4. The number of rotatable bonds is 38. The predicted molar refractivity (Wildman–Crippen MR) is 551 cm³/mol. The number of alkyl halides is 3. The minimum Gasteiger partial charge on any atom is -0.473 e. The fourth-order valence-corrected chi connectivity index (χ4v) is 17.7. The van der Waals surface area contributed by atoms with Gasteiger partial charge in [0.1, 0.15) is 50.2 Å². The van der Waals surface area contributed by atoms with Gasteiger partial charge in [0.15, 0.2) is 17.1 Å². The van der Waals surface area contributed by atoms with Crippen molar-refractivity contribution in [3.63, 3.8) is 0 Å². The summed E-state index contributed by atoms with van der Waals surface area (Å²) in [7, 11) is -13.1. The van der Waals surface area contributed by atoms with E-state index in [1.807, 2.05) is 67.3 Å². The first kappa shape index (κ1) is 111. The molecule has 11 aromatic heterocycles. The summed E-state index contributed by atoms with van der Waals surface area (Å²) in [5.74, 6) is 0.219. The Morgan fingerprint density at radius 3 is 1.59 bits per heavy atom. The fraction of sp³-hybridized carbons (Fsp3) is 0.500. The molecule has 14 heterocycles. The molecule has 2 saturated heterocycles. The molecule has 1 aliphatic carbocycles. The van der Waals surface area contributed by atoms with E-state index in [1.54, 1.807) is 75.6 Å². The van der Waals surface area contributed by atoms with Gasteiger partial charge in [-0.15, -0.1) is 0 Å². The number of aromatic nitrogens is 16. The van der Waals surface area contributed by atoms with E-state index in [9.17, 15) is 46.0 Å². The third-order valence-electron chi connectivity index (χ3n) is 22.5. The predicted octanol–water partition coefficient (Wildman–Crippen LogP) is 14.8. The Balaban J connectivity index is 0.000000180. The Kier molecular flexibility index (Phi) is 39.5. The SMILES string of the molecule is CC1(C)OB(c2cnn(COCC[Si](C)(C)C)c2)OC1(C)C.C[C@@H](Oc1nc(-c2ccnc(C3C=N[N+](COCC[Si](C)(C)C)=C3)c2)cc2ncn(C3CC3)c12)[C@H]1CNC(=O)C1.C[Si](C)(C)CCOCn1cc(-c2cc(=O)cc[nH]2)cn1.C[Si](C)(C)CCOCn1cc(-c2cc(B(O)O)ccn2)cn1.C[Si](C)(C)CCOCn1cc(-c2cc(OS(=O)(=O)C(F)(F)F)ccn2)cn1.O=c1cc[nH]c(Br)c1. The van der Waals surface area contributed by atoms with Crippen LogP contribution in [0.2, 0.25) is 128 Å². The van der Waals surface area contributed by atoms with Gasteiger partial charge in [-0.1, -0.05) is 103 Å². The standard InChI is InChI=1S/C29H37N7O3Si.C15H29BN2O3Si.C15H20F3N3O4SSi.C14H22BN3O3Si.C14H21N3O2Si.C5H4BrNO/c1-19(21-12-27(37)31-14-21)39-29-28-26(32-17-36(28)23-5-6-23)13-25(34-29)20-7-8-30-24(11-20)22-15-33-35(16-22)18-38-9-10-40(2,3)4;1-14(2)15(3,4)21-16(20-14)13-10-17-18(11-13)12-19-8-9-22(5,6)7;1-27(2,3)7-6-24-11-21-10-12(9-20-21)14-8-13(4-5-19-14)25-26(22,23)15(16,17)18;1-22(2,3)7-6-21-11-18-10-12(9-17-18)14-8-13(15(19)20)4-5-16-14;1-20(2,3)7-6-19-11-17-10-12(9-16-17)14-8-13(18)4-5-15-14;6-5-3-4(8)1-2-7-5/h7-8,11,13,15-17,19,21-23H,5-6,9-10,12,14,18H2,1-4H3;10-11H,8-9,12H2,1-7H3;4-5,8-10H,6-7,11H2,1-3H3;4-5,8-10,19-20H,6-7,11H2,1-3H3;4-5,8-10H,6-7,11H2,1-3H3,(H,15,18);1-3H,(H,7,8)/p+1/t19-,21-,22?;;;;;/m1...../s1. The molecule has 3 aliphatic heterocycles. The van der Waals surface area contributed by atoms with Crippen LogP contribution < -0.4 is 36.0 Å². The van der Waals surface area contributed by atoms with Crippen molar-refractivity contribution in [3.05, 3.63) is 184 Å². The molecule has 3 atom stereocenters. The van der Waals surface area contributed by atoms with Gasteiger partial charge in [0, 0.05) is 218 Å². The first-order chi connectivity index (χ1) is 65.2. The van der Waals surface area contributed by atoms with Gasteiger partial charge in [-0.25, -0.2) is 28.7 Å². The molecule has 1 saturated carbocycles. The molecule has 0 radical (unpaired) electrons. The van der Waals surface area contributed by atoms with Crippen molar-refractivity contribution in [2.75, 3.05) is 46.3 Å². The fourth-order valence-electron chi connectivity index (χ4n) is 13.1. The second kappa shape index (κ2) is 49.3. The highest BCUT2D eigenvalue weighted by atomic mass is 79.9. The number of imidazole rings is 1. The molecule has 1 unspecified atom stereocenters. The Morgan fingerprint density at radius 2 is 1.09 bits per heavy atom. The van der Waals surface area contributed by atoms with Gasteiger partial charge in [-0.3, -0.25) is 29.3 Å². The van der Waals surface area contributed by atoms with Crippen LogP contribution in [0.25, 0.3) is 56.1 Å². The summed E-state index contributed by atoms with van der Waals surface area (Å²) >= 11 is 3.11. The summed E-state index contributed by atoms with van der Waals surface area (Å²) in [5, 5.41) is 42.7. The first-order valence-corrected chi connectivity index (χ1v) is 67.0. The number of carbonyl (C=O) groups excluding carboxylic acids is 1. The van der Waals surface area contributed by atoms with E-state index >= 15 is 0 Å². The number of nitrogens with one attached hydrogen (secondary N) is 3. The lowest BCUT2D eigenvalue weighted by Gasteiger charge is -2.32. The average Bonchev–Trinajstić information content (AvgIpc) is 1.66. The van der Waals surface area contributed by atoms with Crippen LogP contribution in [0.3, 0.4) is 0 Å². The number of halogens is 4. The molecular formula is C92H134B2BrF3N19O16SSi5+. The number of amides is 1. The highest BCUT2D eigenvalue weighted by Gasteiger charge is 2.52. The second-order valence-electron chi connectivity index (χ2n) is 41.5. The summed E-state index contributed by atoms with van der Waals surface area (Å²) in [5.41, 5.74) is 3.40. The topological polar surface area (TPSA) is 409 Å². The van der Waals surface area contributed by atoms with E-state index < -0.39 is 68.9 Å². The van der Waals surface area contributed by atoms with Gasteiger partial charge in [-0.05, 0) is 135 Å². The van der Waals surface area contributed by atoms with Crippen LogP contribution in [0.15, 0.2) is 173 Å². The number of hydrazone groups is 1. The van der Waals surface area contributed by atoms with E-state index in [1.165, 1.54) is 35.1 Å². The number of hydrogen-bond acceptors (Lipinski definition) is 26. The summed E-state index contributed by atoms with van der Waals surface area (Å²) in [6.45, 7) is 51.3. The first-order valence-electron chi connectivity index (χ1n) is 46.3. The minimum absolute atomic E-state index is 0.00984. The van der Waals surface area contributed by atoms with Crippen molar-refractivity contribution in [1.82, 2.24) is 83.9 Å². The summed E-state index contributed by atoms with van der Waals surface area (Å²) < 4.78 is 122. The van der Waals surface area contributed by atoms with Crippen molar-refractivity contribution in [1.29, 1.82) is 0 Å². The lowest BCUT2D eigenvalue weighted by Crippen LogP contribution is -2.41. The summed E-state index contributed by atoms with van der Waals surface area (Å²) in [6, 6.07) is 23.4. The maximum absolute atomic E-state index is 12.4. The second-order valence-corrected chi connectivity index (χ2v) is 72.0. The molecule has 11 aromatic rings. The van der Waals surface area contributed by atoms with E-state index in [0.717, 1.165) is 132 Å². The molecular weight excluding hydrogens is 1960 g/mol. The molecule has 752 valence electrons. The number of H-pyrrole nitrogens is 2. The Bertz CT molecular complexity index is 6110. The molecule has 47 heteroatoms. The van der Waals surface area contributed by atoms with Crippen molar-refractivity contribution >= 4 is 121 Å². The van der Waals surface area contributed by atoms with Crippen LogP contribution in [0.1, 0.15) is 71.5 Å². The third kappa shape index (κ3) is 37.0. The Hall–Kier alpha value is -9.71. The van der Waals surface area contributed by atoms with Crippen LogP contribution in [0.4, 0.5) is 13.2 Å². The van der Waals surface area contributed by atoms with Gasteiger partial charge in [0.25, 0.3) is 6.73 Å². The van der Waals surface area contributed by atoms with Crippen LogP contribution in [-0.4, -0.2) is 244 Å². The van der Waals surface area contributed by atoms with Crippen LogP contribution >= 0.6 is 15.9 Å². The number of pyridine rings is 6. The number of ether oxygens (including phenoxy) is 6. The lowest BCUT2D eigenvalue weighted by molar-refractivity contribution is -0.566. The number of hydrogen-bond donors (Lipinski definition) is 5. The van der Waals surface area contributed by atoms with E-state index in [0.29, 0.717) is 79.7 Å². The average molecular weight is 2090 g/mol. The van der Waals surface area contributed by atoms with Gasteiger partial charge >= 0.3 is 29.9 Å². The molecule has 0 bridgehead atoms. The monoisotopic (exact) mass is 2090 g/mol. The molecule has 35 nitrogen and oxygen atoms in total. The molecule has 1 amide bonds. The van der Waals surface area contributed by atoms with Gasteiger partial charge in [-0.2, -0.15) is 42.0 Å². The van der Waals surface area contributed by atoms with Crippen molar-refractivity contribution in [3.8, 4) is 56.7 Å². The number of aromatic amines is 2. The van der Waals surface area contributed by atoms with Gasteiger partial charge in [0.2, 0.25) is 11.8 Å². The smallest absolute Gasteiger partial charge is 0.473 e. The maximum Gasteiger partial charge on any atom is 0.534 e. The largest absolute Gasteiger partial charge is 0.534 e. The highest BCUT2D eigenvalue weighted by Crippen LogP contribution is 2.42. The van der Waals surface area contributed by atoms with Crippen molar-refractivity contribution in [2.45, 2.75) is 244 Å². The highest BCUT2D eigenvalue weighted by molar-refractivity contribution is 9.10. The molecule has 15 rings (SSSR count). The van der Waals surface area contributed by atoms with Crippen molar-refractivity contribution in [2.24, 2.45) is 11.0 Å². The summed E-state index contributed by atoms with van der Waals surface area (Å²) in [4.78, 5) is 62.0. The molecule has 5 N–H and O–H groups in total. The molecule has 139 heavy (non-hydrogen) atoms. The number of fused-ring (bicyclic) bond motifs is 1. The molecule has 3 fully saturated rings.